The fraction of sp³-hybridized carbons (Fsp3) is 0.211. The van der Waals surface area contributed by atoms with Gasteiger partial charge in [-0.05, 0) is 83.8 Å². The molecule has 3 N–H and O–H groups in total. The fourth-order valence-corrected chi connectivity index (χ4v) is 3.44. The summed E-state index contributed by atoms with van der Waals surface area (Å²) in [6.45, 7) is 5.47. The number of nitrogens with one attached hydrogen (secondary N) is 2. The van der Waals surface area contributed by atoms with Crippen molar-refractivity contribution in [3.8, 4) is 5.75 Å². The zero-order valence-corrected chi connectivity index (χ0v) is 17.5. The Kier molecular flexibility index (Phi) is 6.92. The lowest BCUT2D eigenvalue weighted by atomic mass is 10.1. The normalized spacial score (nSPS) is 10.2. The van der Waals surface area contributed by atoms with Gasteiger partial charge in [-0.15, -0.1) is 0 Å². The number of hydrogen-bond acceptors (Lipinski definition) is 4. The third kappa shape index (κ3) is 5.77. The van der Waals surface area contributed by atoms with Crippen LogP contribution in [0.1, 0.15) is 27.0 Å². The summed E-state index contributed by atoms with van der Waals surface area (Å²) < 4.78 is 6.36. The molecule has 0 aliphatic carbocycles. The van der Waals surface area contributed by atoms with Gasteiger partial charge in [0.05, 0.1) is 10.0 Å². The van der Waals surface area contributed by atoms with Crippen LogP contribution >= 0.6 is 28.1 Å². The molecule has 0 heterocycles. The van der Waals surface area contributed by atoms with E-state index in [1.54, 1.807) is 13.0 Å². The Labute approximate surface area is 171 Å². The van der Waals surface area contributed by atoms with Crippen LogP contribution < -0.4 is 15.4 Å². The molecule has 0 unspecified atom stereocenters. The summed E-state index contributed by atoms with van der Waals surface area (Å²) in [5.41, 5.74) is 3.43. The number of aromatic carboxylic acids is 1. The van der Waals surface area contributed by atoms with E-state index in [-0.39, 0.29) is 17.3 Å². The van der Waals surface area contributed by atoms with Crippen LogP contribution in [0.3, 0.4) is 0 Å². The quantitative estimate of drug-likeness (QED) is 0.597. The summed E-state index contributed by atoms with van der Waals surface area (Å²) >= 11 is 8.55. The van der Waals surface area contributed by atoms with E-state index in [0.717, 1.165) is 21.2 Å². The summed E-state index contributed by atoms with van der Waals surface area (Å²) in [5.74, 6) is -0.869. The number of carbonyl (C=O) groups excluding carboxylic acids is 1. The van der Waals surface area contributed by atoms with Crippen LogP contribution in [0.2, 0.25) is 0 Å². The molecule has 0 aliphatic rings. The minimum Gasteiger partial charge on any atom is -0.482 e. The van der Waals surface area contributed by atoms with Gasteiger partial charge in [-0.1, -0.05) is 12.1 Å². The summed E-state index contributed by atoms with van der Waals surface area (Å²) in [4.78, 5) is 23.2. The zero-order chi connectivity index (χ0) is 20.1. The number of ether oxygens (including phenoxy) is 1. The highest BCUT2D eigenvalue weighted by atomic mass is 79.9. The molecule has 6 nitrogen and oxygen atoms in total. The van der Waals surface area contributed by atoms with E-state index in [2.05, 4.69) is 26.6 Å². The molecule has 0 aromatic heterocycles. The molecule has 8 heteroatoms. The standard InChI is InChI=1S/C19H19BrN2O4S/c1-10-6-12(3)17(14(20)7-10)26-9-16(23)22-19(27)21-15-8-13(18(24)25)5-4-11(15)2/h4-8H,9H2,1-3H3,(H,24,25)(H2,21,22,23,27). The van der Waals surface area contributed by atoms with E-state index < -0.39 is 11.9 Å². The SMILES string of the molecule is Cc1cc(C)c(OCC(=O)NC(=S)Nc2cc(C(=O)O)ccc2C)c(Br)c1. The molecule has 0 aliphatic heterocycles. The Morgan fingerprint density at radius 3 is 2.48 bits per heavy atom. The average molecular weight is 451 g/mol. The van der Waals surface area contributed by atoms with E-state index in [1.165, 1.54) is 12.1 Å². The Bertz CT molecular complexity index is 892. The number of aryl methyl sites for hydroxylation is 3. The Balaban J connectivity index is 1.96. The van der Waals surface area contributed by atoms with E-state index in [9.17, 15) is 9.59 Å². The lowest BCUT2D eigenvalue weighted by Gasteiger charge is -2.14. The van der Waals surface area contributed by atoms with Crippen molar-refractivity contribution in [1.82, 2.24) is 5.32 Å². The number of halogens is 1. The van der Waals surface area contributed by atoms with Crippen LogP contribution in [0.15, 0.2) is 34.8 Å². The molecule has 0 atom stereocenters. The van der Waals surface area contributed by atoms with E-state index >= 15 is 0 Å². The number of hydrogen-bond donors (Lipinski definition) is 3. The molecule has 142 valence electrons. The molecule has 0 fully saturated rings. The second-order valence-electron chi connectivity index (χ2n) is 6.02. The van der Waals surface area contributed by atoms with Crippen molar-refractivity contribution in [3.63, 3.8) is 0 Å². The molecule has 27 heavy (non-hydrogen) atoms. The number of rotatable bonds is 5. The van der Waals surface area contributed by atoms with Gasteiger partial charge in [0.2, 0.25) is 0 Å². The van der Waals surface area contributed by atoms with Crippen molar-refractivity contribution in [2.24, 2.45) is 0 Å². The highest BCUT2D eigenvalue weighted by molar-refractivity contribution is 9.10. The van der Waals surface area contributed by atoms with E-state index in [1.807, 2.05) is 26.0 Å². The molecule has 1 amide bonds. The van der Waals surface area contributed by atoms with Crippen LogP contribution in [0.4, 0.5) is 5.69 Å². The second-order valence-corrected chi connectivity index (χ2v) is 7.28. The highest BCUT2D eigenvalue weighted by Crippen LogP contribution is 2.30. The van der Waals surface area contributed by atoms with Crippen molar-refractivity contribution in [3.05, 3.63) is 57.1 Å². The molecule has 0 saturated carbocycles. The first-order valence-corrected chi connectivity index (χ1v) is 9.22. The van der Waals surface area contributed by atoms with E-state index in [4.69, 9.17) is 22.1 Å². The number of amides is 1. The molecule has 2 rings (SSSR count). The molecular formula is C19H19BrN2O4S. The number of carboxylic acid groups (broad SMARTS) is 1. The van der Waals surface area contributed by atoms with Gasteiger partial charge >= 0.3 is 5.97 Å². The maximum absolute atomic E-state index is 12.1. The molecule has 0 bridgehead atoms. The summed E-state index contributed by atoms with van der Waals surface area (Å²) in [5, 5.41) is 14.5. The summed E-state index contributed by atoms with van der Waals surface area (Å²) in [6.07, 6.45) is 0. The Hall–Kier alpha value is -2.45. The number of carboxylic acids is 1. The molecular weight excluding hydrogens is 432 g/mol. The van der Waals surface area contributed by atoms with Gasteiger partial charge < -0.3 is 15.2 Å². The van der Waals surface area contributed by atoms with Crippen LogP contribution in [0, 0.1) is 20.8 Å². The third-order valence-corrected chi connectivity index (χ3v) is 4.50. The van der Waals surface area contributed by atoms with Gasteiger partial charge in [0.1, 0.15) is 5.75 Å². The lowest BCUT2D eigenvalue weighted by molar-refractivity contribution is -0.121. The fourth-order valence-electron chi connectivity index (χ4n) is 2.43. The smallest absolute Gasteiger partial charge is 0.335 e. The third-order valence-electron chi connectivity index (χ3n) is 3.71. The molecule has 0 spiro atoms. The highest BCUT2D eigenvalue weighted by Gasteiger charge is 2.12. The summed E-state index contributed by atoms with van der Waals surface area (Å²) in [6, 6.07) is 8.49. The maximum atomic E-state index is 12.1. The van der Waals surface area contributed by atoms with Crippen molar-refractivity contribution in [1.29, 1.82) is 0 Å². The molecule has 2 aromatic carbocycles. The van der Waals surface area contributed by atoms with Crippen LogP contribution in [0.25, 0.3) is 0 Å². The number of benzene rings is 2. The van der Waals surface area contributed by atoms with Gasteiger partial charge in [0.25, 0.3) is 5.91 Å². The molecule has 2 aromatic rings. The van der Waals surface area contributed by atoms with Crippen molar-refractivity contribution < 1.29 is 19.4 Å². The van der Waals surface area contributed by atoms with Gasteiger partial charge in [0.15, 0.2) is 11.7 Å². The first kappa shape index (κ1) is 20.9. The number of anilines is 1. The lowest BCUT2D eigenvalue weighted by Crippen LogP contribution is -2.37. The number of thiocarbonyl (C=S) groups is 1. The number of carbonyl (C=O) groups is 2. The largest absolute Gasteiger partial charge is 0.482 e. The molecule has 0 saturated heterocycles. The van der Waals surface area contributed by atoms with E-state index in [0.29, 0.717) is 11.4 Å². The first-order chi connectivity index (χ1) is 12.7. The second kappa shape index (κ2) is 8.96. The van der Waals surface area contributed by atoms with Crippen molar-refractivity contribution in [2.45, 2.75) is 20.8 Å². The van der Waals surface area contributed by atoms with Crippen molar-refractivity contribution in [2.75, 3.05) is 11.9 Å². The molecule has 0 radical (unpaired) electrons. The topological polar surface area (TPSA) is 87.7 Å². The first-order valence-electron chi connectivity index (χ1n) is 8.01. The van der Waals surface area contributed by atoms with Crippen LogP contribution in [-0.2, 0) is 4.79 Å². The van der Waals surface area contributed by atoms with Gasteiger partial charge in [-0.25, -0.2) is 4.79 Å². The minimum absolute atomic E-state index is 0.0638. The Morgan fingerprint density at radius 1 is 1.15 bits per heavy atom. The maximum Gasteiger partial charge on any atom is 0.335 e. The van der Waals surface area contributed by atoms with Gasteiger partial charge in [-0.3, -0.25) is 10.1 Å². The van der Waals surface area contributed by atoms with Crippen LogP contribution in [0.5, 0.6) is 5.75 Å². The predicted molar refractivity (Wildman–Crippen MR) is 112 cm³/mol. The predicted octanol–water partition coefficient (Wildman–Crippen LogP) is 3.96. The Morgan fingerprint density at radius 2 is 1.85 bits per heavy atom. The minimum atomic E-state index is -1.04. The van der Waals surface area contributed by atoms with Gasteiger partial charge in [-0.2, -0.15) is 0 Å². The van der Waals surface area contributed by atoms with Crippen molar-refractivity contribution >= 4 is 50.8 Å². The van der Waals surface area contributed by atoms with Crippen LogP contribution in [-0.4, -0.2) is 28.7 Å². The summed E-state index contributed by atoms with van der Waals surface area (Å²) in [7, 11) is 0. The van der Waals surface area contributed by atoms with Gasteiger partial charge in [0, 0.05) is 5.69 Å². The average Bonchev–Trinajstić information content (AvgIpc) is 2.55. The zero-order valence-electron chi connectivity index (χ0n) is 15.1. The monoisotopic (exact) mass is 450 g/mol.